The summed E-state index contributed by atoms with van der Waals surface area (Å²) in [6.07, 6.45) is -14.0. The van der Waals surface area contributed by atoms with Crippen LogP contribution in [0.5, 0.6) is 0 Å². The average Bonchev–Trinajstić information content (AvgIpc) is 0.768. The largest absolute Gasteiger partial charge is 0.477 e. The molecule has 5 rings (SSSR count). The van der Waals surface area contributed by atoms with Crippen LogP contribution in [0.25, 0.3) is 0 Å². The molecule has 2 amide bonds. The van der Waals surface area contributed by atoms with Crippen molar-refractivity contribution < 1.29 is 154 Å². The molecule has 28 atom stereocenters. The summed E-state index contributed by atoms with van der Waals surface area (Å²) in [6.45, 7) is -0.318. The normalized spacial score (nSPS) is 34.9. The third-order valence-corrected chi connectivity index (χ3v) is 20.7. The predicted octanol–water partition coefficient (Wildman–Crippen LogP) is -0.406. The summed E-state index contributed by atoms with van der Waals surface area (Å²) in [5.41, 5.74) is 0. The molecule has 5 fully saturated rings. The zero-order valence-electron chi connectivity index (χ0n) is 62.3. The number of hydrogen-bond donors (Lipinski definition) is 20. The number of allylic oxidation sites excluding steroid dienone is 1. The van der Waals surface area contributed by atoms with E-state index >= 15 is 0 Å². The topological polar surface area (TPSA) is 532 Å². The minimum Gasteiger partial charge on any atom is -0.477 e. The summed E-state index contributed by atoms with van der Waals surface area (Å²) in [5.74, 6) is -6.50. The van der Waals surface area contributed by atoms with E-state index in [2.05, 4.69) is 24.5 Å². The number of amides is 2. The van der Waals surface area contributed by atoms with E-state index < -0.39 is 229 Å². The highest BCUT2D eigenvalue weighted by molar-refractivity contribution is 5.76. The fourth-order valence-corrected chi connectivity index (χ4v) is 14.2. The van der Waals surface area contributed by atoms with Crippen LogP contribution >= 0.6 is 0 Å². The van der Waals surface area contributed by atoms with Crippen molar-refractivity contribution in [3.05, 3.63) is 12.2 Å². The maximum absolute atomic E-state index is 13.5. The van der Waals surface area contributed by atoms with Crippen molar-refractivity contribution in [3.63, 3.8) is 0 Å². The minimum atomic E-state index is -3.19. The van der Waals surface area contributed by atoms with Crippen LogP contribution in [-0.4, -0.2) is 321 Å². The fourth-order valence-electron chi connectivity index (χ4n) is 14.2. The second kappa shape index (κ2) is 50.2. The maximum Gasteiger partial charge on any atom is 0.364 e. The number of carboxylic acid groups (broad SMARTS) is 1. The molecular weight excluding hydrogens is 1400 g/mol. The number of nitrogens with one attached hydrogen (secondary N) is 2. The van der Waals surface area contributed by atoms with Gasteiger partial charge in [0.2, 0.25) is 11.8 Å². The molecular formula is C73H132N2O31. The number of rotatable bonds is 53. The highest BCUT2D eigenvalue weighted by atomic mass is 16.8. The van der Waals surface area contributed by atoms with Gasteiger partial charge in [-0.2, -0.15) is 0 Å². The summed E-state index contributed by atoms with van der Waals surface area (Å²) in [5, 5.41) is 203. The van der Waals surface area contributed by atoms with Crippen molar-refractivity contribution >= 4 is 17.8 Å². The second-order valence-electron chi connectivity index (χ2n) is 29.2. The number of hydrogen-bond acceptors (Lipinski definition) is 30. The number of ether oxygens (including phenoxy) is 10. The molecule has 0 aromatic heterocycles. The summed E-state index contributed by atoms with van der Waals surface area (Å²) in [6, 6.07) is -2.93. The number of carbonyl (C=O) groups excluding carboxylic acids is 2. The Morgan fingerprint density at radius 1 is 0.491 bits per heavy atom. The molecule has 5 heterocycles. The SMILES string of the molecule is CCCCCCCCCCCCC/C=C/[C@@H](O)[C@H](CO[C@@H]1OC(CO)[C@@H](O[C@@H]2OC(CO)[C@H](O)[C@H](O[C@@H]3OC(CO)[C@@H](O[C@@H]4OC(CO)[C@H](O)[C@H](O[C@]5(C(=O)O)CC(O)[C@@H](O)C([C@H](O)[C@H](O)CO)O5)C4O)[C@H](O)C3NC(C)=O)C2O)[C@H](O)C1O)NC(=O)CCCCCCCCCCCCCCCCCCC. The molecule has 20 N–H and O–H groups in total. The Morgan fingerprint density at radius 2 is 0.915 bits per heavy atom. The molecule has 10 unspecified atom stereocenters. The van der Waals surface area contributed by atoms with Crippen LogP contribution in [0.2, 0.25) is 0 Å². The summed E-state index contributed by atoms with van der Waals surface area (Å²) in [7, 11) is 0. The van der Waals surface area contributed by atoms with Gasteiger partial charge in [-0.05, 0) is 19.3 Å². The highest BCUT2D eigenvalue weighted by Crippen LogP contribution is 2.40. The Balaban J connectivity index is 1.23. The molecule has 620 valence electrons. The average molecular weight is 1530 g/mol. The van der Waals surface area contributed by atoms with Gasteiger partial charge in [0.05, 0.1) is 57.9 Å². The van der Waals surface area contributed by atoms with Crippen LogP contribution in [0.4, 0.5) is 0 Å². The van der Waals surface area contributed by atoms with Crippen molar-refractivity contribution in [3.8, 4) is 0 Å². The molecule has 0 aromatic rings. The molecule has 0 aromatic carbocycles. The third-order valence-electron chi connectivity index (χ3n) is 20.7. The van der Waals surface area contributed by atoms with Crippen LogP contribution in [0, 0.1) is 0 Å². The number of carboxylic acids is 1. The monoisotopic (exact) mass is 1530 g/mol. The van der Waals surface area contributed by atoms with E-state index in [1.54, 1.807) is 6.08 Å². The zero-order valence-corrected chi connectivity index (χ0v) is 62.3. The van der Waals surface area contributed by atoms with E-state index in [0.29, 0.717) is 12.8 Å². The molecule has 33 nitrogen and oxygen atoms in total. The Bertz CT molecular complexity index is 2410. The Kier molecular flexibility index (Phi) is 44.4. The highest BCUT2D eigenvalue weighted by Gasteiger charge is 2.61. The first kappa shape index (κ1) is 93.7. The van der Waals surface area contributed by atoms with E-state index in [9.17, 15) is 106 Å². The molecule has 5 saturated heterocycles. The van der Waals surface area contributed by atoms with Crippen molar-refractivity contribution in [1.82, 2.24) is 10.6 Å². The lowest BCUT2D eigenvalue weighted by Gasteiger charge is -2.51. The number of aliphatic hydroxyl groups is 17. The third kappa shape index (κ3) is 28.9. The molecule has 33 heteroatoms. The zero-order chi connectivity index (χ0) is 77.9. The summed E-state index contributed by atoms with van der Waals surface area (Å²) < 4.78 is 58.3. The van der Waals surface area contributed by atoms with Crippen molar-refractivity contribution in [2.75, 3.05) is 39.6 Å². The van der Waals surface area contributed by atoms with Gasteiger partial charge in [0, 0.05) is 19.8 Å². The number of aliphatic hydroxyl groups excluding tert-OH is 17. The molecule has 0 spiro atoms. The van der Waals surface area contributed by atoms with E-state index in [1.807, 2.05) is 6.08 Å². The van der Waals surface area contributed by atoms with Gasteiger partial charge in [-0.15, -0.1) is 0 Å². The van der Waals surface area contributed by atoms with Gasteiger partial charge in [-0.3, -0.25) is 9.59 Å². The maximum atomic E-state index is 13.5. The van der Waals surface area contributed by atoms with Crippen LogP contribution in [0.1, 0.15) is 220 Å². The van der Waals surface area contributed by atoms with E-state index in [0.717, 1.165) is 58.3 Å². The molecule has 5 aliphatic heterocycles. The van der Waals surface area contributed by atoms with Crippen LogP contribution in [-0.2, 0) is 61.8 Å². The lowest BCUT2D eigenvalue weighted by molar-refractivity contribution is -0.393. The van der Waals surface area contributed by atoms with Crippen molar-refractivity contribution in [2.24, 2.45) is 0 Å². The molecule has 0 aliphatic carbocycles. The first-order valence-corrected chi connectivity index (χ1v) is 39.1. The Hall–Kier alpha value is -2.93. The second-order valence-corrected chi connectivity index (χ2v) is 29.2. The Morgan fingerprint density at radius 3 is 1.38 bits per heavy atom. The predicted molar refractivity (Wildman–Crippen MR) is 376 cm³/mol. The molecule has 0 bridgehead atoms. The summed E-state index contributed by atoms with van der Waals surface area (Å²) in [4.78, 5) is 39.3. The number of aliphatic carboxylic acids is 1. The number of carbonyl (C=O) groups is 3. The smallest absolute Gasteiger partial charge is 0.364 e. The van der Waals surface area contributed by atoms with E-state index in [-0.39, 0.29) is 12.3 Å². The van der Waals surface area contributed by atoms with Gasteiger partial charge in [0.25, 0.3) is 5.79 Å². The van der Waals surface area contributed by atoms with Gasteiger partial charge in [-0.1, -0.05) is 193 Å². The van der Waals surface area contributed by atoms with Gasteiger partial charge in [-0.25, -0.2) is 4.79 Å². The van der Waals surface area contributed by atoms with Crippen LogP contribution in [0.15, 0.2) is 12.2 Å². The van der Waals surface area contributed by atoms with Gasteiger partial charge < -0.3 is 150 Å². The standard InChI is InChI=1S/C73H132N2O31/c1-4-6-8-10-12-14-16-18-19-20-21-23-25-27-29-31-33-35-52(85)75-44(45(82)34-32-30-28-26-24-22-17-15-13-11-9-7-5-2)42-97-69-60(92)59(91)64(51(41-80)101-69)103-70-61(93)65(56(88)48(38-77)98-70)104-68-53(74-43(3)81)58(90)63(50(40-79)100-68)102-71-62(94)67(57(89)49(39-78)99-71)106-73(72(95)96)36-46(83)54(86)66(105-73)55(87)47(84)37-76/h32,34,44-51,53-71,76-80,82-84,86-94H,4-31,33,35-42H2,1-3H3,(H,74,81)(H,75,85)(H,95,96)/b34-32+/t44-,45+,46?,47+,48?,49?,50?,51?,53?,54+,55+,56-,57-,58+,59+,60?,61?,62?,63+,64+,65-,66?,67-,68-,69+,70-,71-,73-/m0/s1. The first-order valence-electron chi connectivity index (χ1n) is 39.1. The van der Waals surface area contributed by atoms with E-state index in [4.69, 9.17) is 47.4 Å². The molecule has 106 heavy (non-hydrogen) atoms. The first-order chi connectivity index (χ1) is 50.9. The fraction of sp³-hybridized carbons (Fsp3) is 0.932. The van der Waals surface area contributed by atoms with Gasteiger partial charge in [0.1, 0.15) is 122 Å². The van der Waals surface area contributed by atoms with Gasteiger partial charge >= 0.3 is 5.97 Å². The molecule has 0 radical (unpaired) electrons. The van der Waals surface area contributed by atoms with Gasteiger partial charge in [0.15, 0.2) is 25.2 Å². The molecule has 0 saturated carbocycles. The lowest BCUT2D eigenvalue weighted by Crippen LogP contribution is -2.70. The summed E-state index contributed by atoms with van der Waals surface area (Å²) >= 11 is 0. The van der Waals surface area contributed by atoms with Crippen molar-refractivity contribution in [1.29, 1.82) is 0 Å². The van der Waals surface area contributed by atoms with Crippen LogP contribution in [0.3, 0.4) is 0 Å². The quantitative estimate of drug-likeness (QED) is 0.0272. The lowest BCUT2D eigenvalue weighted by atomic mass is 9.90. The Labute approximate surface area is 622 Å². The van der Waals surface area contributed by atoms with Crippen molar-refractivity contribution in [2.45, 2.75) is 391 Å². The minimum absolute atomic E-state index is 0.176. The molecule has 5 aliphatic rings. The van der Waals surface area contributed by atoms with E-state index in [1.165, 1.54) is 122 Å². The number of unbranched alkanes of at least 4 members (excludes halogenated alkanes) is 27. The van der Waals surface area contributed by atoms with Crippen LogP contribution < -0.4 is 10.6 Å².